The van der Waals surface area contributed by atoms with Crippen LogP contribution in [0.5, 0.6) is 0 Å². The van der Waals surface area contributed by atoms with Crippen molar-refractivity contribution in [3.05, 3.63) is 34.9 Å². The zero-order valence-corrected chi connectivity index (χ0v) is 9.64. The van der Waals surface area contributed by atoms with Crippen LogP contribution in [-0.2, 0) is 5.54 Å². The zero-order valence-electron chi connectivity index (χ0n) is 8.89. The minimum absolute atomic E-state index is 0.222. The van der Waals surface area contributed by atoms with Crippen LogP contribution in [0, 0.1) is 0 Å². The first kappa shape index (κ1) is 11.5. The van der Waals surface area contributed by atoms with Crippen molar-refractivity contribution in [1.82, 2.24) is 0 Å². The molecule has 0 amide bonds. The van der Waals surface area contributed by atoms with Crippen molar-refractivity contribution in [2.75, 3.05) is 0 Å². The first-order chi connectivity index (χ1) is 6.56. The average Bonchev–Trinajstić information content (AvgIpc) is 2.16. The van der Waals surface area contributed by atoms with Crippen molar-refractivity contribution < 1.29 is 0 Å². The lowest BCUT2D eigenvalue weighted by Gasteiger charge is -2.25. The average molecular weight is 212 g/mol. The molecule has 0 aliphatic carbocycles. The lowest BCUT2D eigenvalue weighted by Crippen LogP contribution is -2.32. The molecule has 0 saturated carbocycles. The lowest BCUT2D eigenvalue weighted by molar-refractivity contribution is 0.433. The standard InChI is InChI=1S/C12H18ClN/c1-3-4-9-12(2,14)10-5-7-11(13)8-6-10/h5-8H,3-4,9,14H2,1-2H3. The number of nitrogens with two attached hydrogens (primary N) is 1. The second-order valence-corrected chi connectivity index (χ2v) is 4.46. The van der Waals surface area contributed by atoms with E-state index in [1.807, 2.05) is 24.3 Å². The third kappa shape index (κ3) is 3.00. The molecule has 0 aliphatic rings. The van der Waals surface area contributed by atoms with Gasteiger partial charge in [0.2, 0.25) is 0 Å². The number of unbranched alkanes of at least 4 members (excludes halogenated alkanes) is 1. The molecule has 2 N–H and O–H groups in total. The molecule has 1 nitrogen and oxygen atoms in total. The van der Waals surface area contributed by atoms with Gasteiger partial charge >= 0.3 is 0 Å². The van der Waals surface area contributed by atoms with Gasteiger partial charge in [0, 0.05) is 10.6 Å². The van der Waals surface area contributed by atoms with E-state index in [1.54, 1.807) is 0 Å². The summed E-state index contributed by atoms with van der Waals surface area (Å²) < 4.78 is 0. The molecule has 1 aromatic carbocycles. The van der Waals surface area contributed by atoms with Gasteiger partial charge in [0.05, 0.1) is 0 Å². The molecule has 2 heteroatoms. The quantitative estimate of drug-likeness (QED) is 0.808. The minimum atomic E-state index is -0.222. The Balaban J connectivity index is 2.75. The fourth-order valence-corrected chi connectivity index (χ4v) is 1.64. The fourth-order valence-electron chi connectivity index (χ4n) is 1.52. The van der Waals surface area contributed by atoms with Crippen LogP contribution in [0.2, 0.25) is 5.02 Å². The van der Waals surface area contributed by atoms with Gasteiger partial charge in [0.15, 0.2) is 0 Å². The SMILES string of the molecule is CCCCC(C)(N)c1ccc(Cl)cc1. The van der Waals surface area contributed by atoms with E-state index in [-0.39, 0.29) is 5.54 Å². The molecule has 0 heterocycles. The van der Waals surface area contributed by atoms with Crippen molar-refractivity contribution in [3.63, 3.8) is 0 Å². The number of rotatable bonds is 4. The molecular weight excluding hydrogens is 194 g/mol. The van der Waals surface area contributed by atoms with E-state index in [2.05, 4.69) is 13.8 Å². The fraction of sp³-hybridized carbons (Fsp3) is 0.500. The molecule has 78 valence electrons. The Kier molecular flexibility index (Phi) is 3.97. The summed E-state index contributed by atoms with van der Waals surface area (Å²) in [5.41, 5.74) is 7.17. The topological polar surface area (TPSA) is 26.0 Å². The summed E-state index contributed by atoms with van der Waals surface area (Å²) in [5.74, 6) is 0. The molecule has 0 radical (unpaired) electrons. The van der Waals surface area contributed by atoms with E-state index in [0.717, 1.165) is 23.4 Å². The van der Waals surface area contributed by atoms with Crippen molar-refractivity contribution in [2.24, 2.45) is 5.73 Å². The van der Waals surface area contributed by atoms with Gasteiger partial charge in [-0.15, -0.1) is 0 Å². The normalized spacial score (nSPS) is 15.1. The van der Waals surface area contributed by atoms with Crippen LogP contribution < -0.4 is 5.73 Å². The minimum Gasteiger partial charge on any atom is -0.322 e. The van der Waals surface area contributed by atoms with E-state index in [1.165, 1.54) is 6.42 Å². The van der Waals surface area contributed by atoms with E-state index in [4.69, 9.17) is 17.3 Å². The molecule has 14 heavy (non-hydrogen) atoms. The van der Waals surface area contributed by atoms with Crippen LogP contribution in [0.25, 0.3) is 0 Å². The first-order valence-corrected chi connectivity index (χ1v) is 5.49. The summed E-state index contributed by atoms with van der Waals surface area (Å²) in [6.45, 7) is 4.25. The summed E-state index contributed by atoms with van der Waals surface area (Å²) in [4.78, 5) is 0. The van der Waals surface area contributed by atoms with Crippen LogP contribution in [0.1, 0.15) is 38.7 Å². The number of hydrogen-bond donors (Lipinski definition) is 1. The predicted molar refractivity (Wildman–Crippen MR) is 62.5 cm³/mol. The molecule has 0 aromatic heterocycles. The van der Waals surface area contributed by atoms with Gasteiger partial charge in [-0.2, -0.15) is 0 Å². The Morgan fingerprint density at radius 1 is 1.29 bits per heavy atom. The maximum absolute atomic E-state index is 6.23. The Morgan fingerprint density at radius 2 is 1.86 bits per heavy atom. The second-order valence-electron chi connectivity index (χ2n) is 4.03. The van der Waals surface area contributed by atoms with E-state index >= 15 is 0 Å². The van der Waals surface area contributed by atoms with E-state index in [0.29, 0.717) is 0 Å². The molecule has 0 spiro atoms. The van der Waals surface area contributed by atoms with Gasteiger partial charge in [-0.3, -0.25) is 0 Å². The number of benzene rings is 1. The molecule has 0 fully saturated rings. The van der Waals surface area contributed by atoms with Crippen molar-refractivity contribution in [3.8, 4) is 0 Å². The summed E-state index contributed by atoms with van der Waals surface area (Å²) in [6.07, 6.45) is 3.36. The van der Waals surface area contributed by atoms with Gasteiger partial charge in [0.1, 0.15) is 0 Å². The highest BCUT2D eigenvalue weighted by Gasteiger charge is 2.19. The summed E-state index contributed by atoms with van der Waals surface area (Å²) >= 11 is 5.83. The maximum Gasteiger partial charge on any atom is 0.0406 e. The van der Waals surface area contributed by atoms with E-state index < -0.39 is 0 Å². The van der Waals surface area contributed by atoms with Crippen LogP contribution in [0.4, 0.5) is 0 Å². The van der Waals surface area contributed by atoms with Crippen LogP contribution in [0.15, 0.2) is 24.3 Å². The second kappa shape index (κ2) is 4.81. The molecule has 1 aromatic rings. The molecule has 0 saturated heterocycles. The van der Waals surface area contributed by atoms with Gasteiger partial charge < -0.3 is 5.73 Å². The zero-order chi connectivity index (χ0) is 10.6. The lowest BCUT2D eigenvalue weighted by atomic mass is 9.88. The number of halogens is 1. The molecule has 0 aliphatic heterocycles. The Hall–Kier alpha value is -0.530. The Bertz CT molecular complexity index is 277. The highest BCUT2D eigenvalue weighted by molar-refractivity contribution is 6.30. The third-order valence-electron chi connectivity index (χ3n) is 2.55. The van der Waals surface area contributed by atoms with Crippen LogP contribution in [-0.4, -0.2) is 0 Å². The molecule has 1 unspecified atom stereocenters. The van der Waals surface area contributed by atoms with Gasteiger partial charge in [-0.05, 0) is 31.0 Å². The molecule has 1 atom stereocenters. The summed E-state index contributed by atoms with van der Waals surface area (Å²) in [7, 11) is 0. The highest BCUT2D eigenvalue weighted by Crippen LogP contribution is 2.24. The van der Waals surface area contributed by atoms with Gasteiger partial charge in [-0.25, -0.2) is 0 Å². The molecule has 1 rings (SSSR count). The maximum atomic E-state index is 6.23. The van der Waals surface area contributed by atoms with Crippen LogP contribution >= 0.6 is 11.6 Å². The molecule has 0 bridgehead atoms. The van der Waals surface area contributed by atoms with Gasteiger partial charge in [0.25, 0.3) is 0 Å². The van der Waals surface area contributed by atoms with Crippen molar-refractivity contribution in [2.45, 2.75) is 38.6 Å². The van der Waals surface area contributed by atoms with Crippen LogP contribution in [0.3, 0.4) is 0 Å². The number of hydrogen-bond acceptors (Lipinski definition) is 1. The Morgan fingerprint density at radius 3 is 2.36 bits per heavy atom. The summed E-state index contributed by atoms with van der Waals surface area (Å²) in [6, 6.07) is 7.82. The molecular formula is C12H18ClN. The largest absolute Gasteiger partial charge is 0.322 e. The third-order valence-corrected chi connectivity index (χ3v) is 2.81. The Labute approximate surface area is 91.3 Å². The van der Waals surface area contributed by atoms with Crippen molar-refractivity contribution >= 4 is 11.6 Å². The predicted octanol–water partition coefficient (Wildman–Crippen LogP) is 3.70. The smallest absolute Gasteiger partial charge is 0.0406 e. The summed E-state index contributed by atoms with van der Waals surface area (Å²) in [5, 5.41) is 0.764. The van der Waals surface area contributed by atoms with Gasteiger partial charge in [-0.1, -0.05) is 43.5 Å². The first-order valence-electron chi connectivity index (χ1n) is 5.11. The van der Waals surface area contributed by atoms with E-state index in [9.17, 15) is 0 Å². The van der Waals surface area contributed by atoms with Crippen molar-refractivity contribution in [1.29, 1.82) is 0 Å². The highest BCUT2D eigenvalue weighted by atomic mass is 35.5. The monoisotopic (exact) mass is 211 g/mol.